The summed E-state index contributed by atoms with van der Waals surface area (Å²) in [4.78, 5) is 60.8. The number of nitrogens with zero attached hydrogens (tertiary/aromatic N) is 10. The smallest absolute Gasteiger partial charge is 0.338 e. The van der Waals surface area contributed by atoms with Gasteiger partial charge in [0.05, 0.1) is 67.8 Å². The summed E-state index contributed by atoms with van der Waals surface area (Å²) < 4.78 is 84.8. The van der Waals surface area contributed by atoms with E-state index in [9.17, 15) is 69.1 Å². The maximum absolute atomic E-state index is 15.2. The molecule has 4 aromatic carbocycles. The monoisotopic (exact) mass is 1560 g/mol. The fourth-order valence-corrected chi connectivity index (χ4v) is 16.2. The fourth-order valence-electron chi connectivity index (χ4n) is 16.2. The quantitative estimate of drug-likeness (QED) is 0.0272. The van der Waals surface area contributed by atoms with E-state index < -0.39 is 189 Å². The van der Waals surface area contributed by atoms with Crippen molar-refractivity contribution in [3.05, 3.63) is 145 Å². The summed E-state index contributed by atoms with van der Waals surface area (Å²) in [6, 6.07) is 24.4. The zero-order chi connectivity index (χ0) is 78.4. The predicted octanol–water partition coefficient (Wildman–Crippen LogP) is 1.86. The Kier molecular flexibility index (Phi) is 25.6. The van der Waals surface area contributed by atoms with Crippen LogP contribution in [0, 0.1) is 29.4 Å². The third-order valence-electron chi connectivity index (χ3n) is 22.6. The Morgan fingerprint density at radius 2 is 1.06 bits per heavy atom. The van der Waals surface area contributed by atoms with E-state index in [2.05, 4.69) is 41.6 Å². The number of carbonyl (C=O) groups excluding carboxylic acids is 4. The Labute approximate surface area is 641 Å². The van der Waals surface area contributed by atoms with Crippen molar-refractivity contribution in [1.29, 1.82) is 0 Å². The molecule has 0 bridgehead atoms. The van der Waals surface area contributed by atoms with E-state index in [0.29, 0.717) is 35.5 Å². The van der Waals surface area contributed by atoms with Gasteiger partial charge in [0.15, 0.2) is 25.0 Å². The second-order valence-electron chi connectivity index (χ2n) is 30.0. The lowest BCUT2D eigenvalue weighted by atomic mass is 9.80. The minimum atomic E-state index is -1.88. The molecule has 0 spiro atoms. The lowest BCUT2D eigenvalue weighted by molar-refractivity contribution is -0.348. The number of amides is 3. The lowest BCUT2D eigenvalue weighted by Gasteiger charge is -2.49. The van der Waals surface area contributed by atoms with E-state index in [1.54, 1.807) is 65.7 Å². The maximum atomic E-state index is 15.2. The number of hydrogen-bond donors (Lipinski definition) is 11. The Bertz CT molecular complexity index is 4300. The van der Waals surface area contributed by atoms with Crippen molar-refractivity contribution in [3.8, 4) is 33.8 Å². The van der Waals surface area contributed by atoms with Crippen molar-refractivity contribution in [2.75, 3.05) is 39.4 Å². The van der Waals surface area contributed by atoms with Crippen molar-refractivity contribution in [3.63, 3.8) is 0 Å². The lowest BCUT2D eigenvalue weighted by Crippen LogP contribution is -2.64. The van der Waals surface area contributed by atoms with Gasteiger partial charge in [-0.25, -0.2) is 27.6 Å². The summed E-state index contributed by atoms with van der Waals surface area (Å²) in [6.07, 6.45) is -20.7. The fraction of sp³-hybridized carbons (Fsp3) is 0.558. The van der Waals surface area contributed by atoms with Crippen LogP contribution in [0.15, 0.2) is 128 Å². The highest BCUT2D eigenvalue weighted by Gasteiger charge is 2.56. The van der Waals surface area contributed by atoms with Gasteiger partial charge in [-0.1, -0.05) is 121 Å². The number of hydrogen-bond acceptors (Lipinski definition) is 27. The summed E-state index contributed by atoms with van der Waals surface area (Å²) in [5.74, 6) is -5.61. The largest absolute Gasteiger partial charge is 0.450 e. The van der Waals surface area contributed by atoms with Gasteiger partial charge in [-0.2, -0.15) is 0 Å². The van der Waals surface area contributed by atoms with E-state index >= 15 is 4.79 Å². The highest BCUT2D eigenvalue weighted by atomic mass is 19.1. The van der Waals surface area contributed by atoms with Crippen LogP contribution in [0.3, 0.4) is 0 Å². The molecule has 3 aliphatic carbocycles. The molecule has 35 heteroatoms. The first kappa shape index (κ1) is 80.0. The summed E-state index contributed by atoms with van der Waals surface area (Å²) in [6.45, 7) is 0.362. The molecule has 24 atom stereocenters. The van der Waals surface area contributed by atoms with Crippen molar-refractivity contribution in [1.82, 2.24) is 60.5 Å². The Morgan fingerprint density at radius 3 is 1.67 bits per heavy atom. The number of aliphatic hydroxyl groups is 9. The summed E-state index contributed by atoms with van der Waals surface area (Å²) in [7, 11) is 0. The van der Waals surface area contributed by atoms with E-state index in [0.717, 1.165) is 43.2 Å². The molecule has 0 radical (unpaired) electrons. The predicted molar refractivity (Wildman–Crippen MR) is 384 cm³/mol. The van der Waals surface area contributed by atoms with Gasteiger partial charge in [0.25, 0.3) is 5.91 Å². The Morgan fingerprint density at radius 1 is 0.527 bits per heavy atom. The summed E-state index contributed by atoms with van der Waals surface area (Å²) in [5.41, 5.74) is 2.20. The highest BCUT2D eigenvalue weighted by molar-refractivity contribution is 5.89. The van der Waals surface area contributed by atoms with Crippen molar-refractivity contribution in [2.45, 2.75) is 212 Å². The number of halogens is 2. The molecule has 4 saturated heterocycles. The minimum Gasteiger partial charge on any atom is -0.450 e. The average molecular weight is 1560 g/mol. The van der Waals surface area contributed by atoms with Crippen LogP contribution in [0.25, 0.3) is 33.8 Å². The first-order chi connectivity index (χ1) is 54.2. The average Bonchev–Trinajstić information content (AvgIpc) is 1.10. The summed E-state index contributed by atoms with van der Waals surface area (Å²) in [5, 5.41) is 135. The Balaban J connectivity index is 0.745. The van der Waals surface area contributed by atoms with Gasteiger partial charge in [0.2, 0.25) is 11.8 Å². The molecular formula is C77H94F2N12O21. The van der Waals surface area contributed by atoms with Gasteiger partial charge >= 0.3 is 5.97 Å². The van der Waals surface area contributed by atoms with Crippen molar-refractivity contribution in [2.24, 2.45) is 17.8 Å². The molecule has 3 aromatic heterocycles. The van der Waals surface area contributed by atoms with Gasteiger partial charge < -0.3 is 99.4 Å². The standard InChI is InChI=1S/C77H94F2N12O21/c1-40-61(94)66(99)67(100)76(105-40)112-68-54(90-35-50(82-86-90)42-16-7-3-8-17-42)32-47(34-56(68)108-77-70(111-74(104)43-18-9-4-10-19-43)69(64(97)59(39-93)110-77)106-57(73(103)88-26-13-27-88)28-41-14-5-2-6-15-41)72(102)81-25-24-80-71(101)46-31-53(89-36-51(83-85-89)44-20-11-22-48(78)29-44)62(95)55(33-46)107-75-65(98)60(63(96)58(38-92)109-75)91-37-52(84-87-91)45-21-12-23-49(79)30-45/h3-4,7-12,16-23,29-30,35-37,40-41,46-47,53-70,75-77,92-100H,2,5-6,13-15,24-28,31-34,38-39H2,1H3,(H,80,101)(H,81,102)/t40?,46?,47?,53?,54?,55-,56-,57+,58?,59?,60?,61-,62?,63+,64+,65?,66?,67?,68?,69?,70?,75-,76+,77-/m1/s1. The molecular weight excluding hydrogens is 1470 g/mol. The van der Waals surface area contributed by atoms with Gasteiger partial charge in [-0.3, -0.25) is 14.4 Å². The summed E-state index contributed by atoms with van der Waals surface area (Å²) >= 11 is 0. The zero-order valence-corrected chi connectivity index (χ0v) is 61.2. The van der Waals surface area contributed by atoms with Crippen LogP contribution < -0.4 is 10.6 Å². The normalized spacial score (nSPS) is 32.8. The molecule has 14 rings (SSSR count). The van der Waals surface area contributed by atoms with Gasteiger partial charge in [0, 0.05) is 54.7 Å². The van der Waals surface area contributed by atoms with E-state index in [1.807, 2.05) is 6.07 Å². The van der Waals surface area contributed by atoms with E-state index in [1.165, 1.54) is 77.2 Å². The van der Waals surface area contributed by atoms with Crippen LogP contribution in [0.4, 0.5) is 8.78 Å². The molecule has 7 aromatic rings. The van der Waals surface area contributed by atoms with E-state index in [4.69, 9.17) is 37.9 Å². The SMILES string of the molecule is CC1O[C@@H](OC2C(n3cc(-c4ccccc4)nn3)CC(C(=O)NCCNC(=O)C3CC(n4cc(-c5cccc(F)c5)nn4)C(O)[C@H](O[C@@H]4OC(CO)[C@H](O)C(n5cc(-c6cccc(F)c6)nn5)C4O)C3)C[C@H]2O[C@@H]2OC(CO)[C@H](O)C(O[C@@H](CC3CCCCC3)C(=O)N3CCC3)C2OC(=O)c2ccccc2)C(O)C(O)[C@@H]1O. The van der Waals surface area contributed by atoms with Crippen LogP contribution in [-0.4, -0.2) is 275 Å². The Hall–Kier alpha value is -8.60. The molecule has 112 heavy (non-hydrogen) atoms. The van der Waals surface area contributed by atoms with Crippen LogP contribution in [0.2, 0.25) is 0 Å². The number of likely N-dealkylation sites (tertiary alicyclic amines) is 1. The molecule has 15 unspecified atom stereocenters. The zero-order valence-electron chi connectivity index (χ0n) is 61.2. The number of benzene rings is 4. The molecule has 602 valence electrons. The molecule has 3 amide bonds. The number of aromatic nitrogens is 9. The molecule has 33 nitrogen and oxygen atoms in total. The second kappa shape index (κ2) is 35.8. The minimum absolute atomic E-state index is 0.0700. The number of nitrogens with one attached hydrogen (secondary N) is 2. The van der Waals surface area contributed by atoms with Crippen LogP contribution >= 0.6 is 0 Å². The number of ether oxygens (including phenoxy) is 8. The molecule has 7 aliphatic rings. The van der Waals surface area contributed by atoms with Gasteiger partial charge in [-0.05, 0) is 87.8 Å². The molecule has 4 aliphatic heterocycles. The van der Waals surface area contributed by atoms with Crippen molar-refractivity contribution < 1.29 is 112 Å². The molecule has 7 heterocycles. The molecule has 11 N–H and O–H groups in total. The van der Waals surface area contributed by atoms with Crippen LogP contribution in [0.1, 0.15) is 106 Å². The topological polar surface area (TPSA) is 444 Å². The molecule has 3 saturated carbocycles. The molecule has 7 fully saturated rings. The van der Waals surface area contributed by atoms with E-state index in [-0.39, 0.29) is 74.0 Å². The number of esters is 1. The second-order valence-corrected chi connectivity index (χ2v) is 30.0. The highest BCUT2D eigenvalue weighted by Crippen LogP contribution is 2.44. The maximum Gasteiger partial charge on any atom is 0.338 e. The third-order valence-corrected chi connectivity index (χ3v) is 22.6. The number of rotatable bonds is 26. The number of carbonyl (C=O) groups is 4. The first-order valence-electron chi connectivity index (χ1n) is 38.2. The van der Waals surface area contributed by atoms with Crippen LogP contribution in [0.5, 0.6) is 0 Å². The third kappa shape index (κ3) is 17.8. The van der Waals surface area contributed by atoms with Crippen LogP contribution in [-0.2, 0) is 52.3 Å². The van der Waals surface area contributed by atoms with Gasteiger partial charge in [0.1, 0.15) is 108 Å². The first-order valence-corrected chi connectivity index (χ1v) is 38.2. The van der Waals surface area contributed by atoms with Crippen molar-refractivity contribution >= 4 is 23.7 Å². The van der Waals surface area contributed by atoms with Gasteiger partial charge in [-0.15, -0.1) is 15.3 Å². The number of aliphatic hydroxyl groups excluding tert-OH is 9.